The normalized spacial score (nSPS) is 10.4. The average molecular weight is 327 g/mol. The van der Waals surface area contributed by atoms with Crippen LogP contribution < -0.4 is 10.9 Å². The minimum Gasteiger partial charge on any atom is -0.321 e. The molecule has 0 aromatic carbocycles. The summed E-state index contributed by atoms with van der Waals surface area (Å²) >= 11 is 11.5. The molecule has 110 valence electrons. The molecule has 0 spiro atoms. The van der Waals surface area contributed by atoms with Crippen molar-refractivity contribution in [1.29, 1.82) is 0 Å². The average Bonchev–Trinajstić information content (AvgIpc) is 2.45. The fraction of sp³-hybridized carbons (Fsp3) is 0.231. The van der Waals surface area contributed by atoms with E-state index in [2.05, 4.69) is 15.5 Å². The van der Waals surface area contributed by atoms with Crippen LogP contribution in [0.3, 0.4) is 0 Å². The zero-order chi connectivity index (χ0) is 15.4. The Kier molecular flexibility index (Phi) is 4.93. The van der Waals surface area contributed by atoms with E-state index in [-0.39, 0.29) is 21.4 Å². The van der Waals surface area contributed by atoms with Gasteiger partial charge in [-0.2, -0.15) is 0 Å². The molecule has 0 saturated carbocycles. The van der Waals surface area contributed by atoms with Crippen LogP contribution in [0.15, 0.2) is 29.2 Å². The lowest BCUT2D eigenvalue weighted by Crippen LogP contribution is -2.20. The molecule has 2 aromatic heterocycles. The largest absolute Gasteiger partial charge is 0.321 e. The number of hydrogen-bond donors (Lipinski definition) is 1. The van der Waals surface area contributed by atoms with Gasteiger partial charge in [0.15, 0.2) is 10.3 Å². The molecule has 0 saturated heterocycles. The molecule has 2 aromatic rings. The van der Waals surface area contributed by atoms with Gasteiger partial charge in [0.05, 0.1) is 11.3 Å². The van der Waals surface area contributed by atoms with Crippen LogP contribution in [0.2, 0.25) is 10.3 Å². The van der Waals surface area contributed by atoms with E-state index in [0.717, 1.165) is 6.42 Å². The van der Waals surface area contributed by atoms with Gasteiger partial charge in [0.2, 0.25) is 0 Å². The molecule has 2 rings (SSSR count). The number of hydrogen-bond acceptors (Lipinski definition) is 4. The Morgan fingerprint density at radius 3 is 2.81 bits per heavy atom. The van der Waals surface area contributed by atoms with Crippen molar-refractivity contribution in [3.8, 4) is 0 Å². The van der Waals surface area contributed by atoms with Gasteiger partial charge in [0.1, 0.15) is 0 Å². The zero-order valence-corrected chi connectivity index (χ0v) is 12.6. The molecule has 1 amide bonds. The van der Waals surface area contributed by atoms with Crippen LogP contribution in [0.4, 0.5) is 5.69 Å². The Morgan fingerprint density at radius 2 is 2.10 bits per heavy atom. The molecule has 21 heavy (non-hydrogen) atoms. The molecule has 0 radical (unpaired) electrons. The zero-order valence-electron chi connectivity index (χ0n) is 11.1. The summed E-state index contributed by atoms with van der Waals surface area (Å²) < 4.78 is 1.52. The van der Waals surface area contributed by atoms with Gasteiger partial charge in [-0.3, -0.25) is 9.59 Å². The van der Waals surface area contributed by atoms with Crippen molar-refractivity contribution < 1.29 is 4.79 Å². The highest BCUT2D eigenvalue weighted by Gasteiger charge is 2.13. The SMILES string of the molecule is CCCn1cc(NC(=O)c2cc(Cl)nnc2Cl)ccc1=O. The first-order valence-electron chi connectivity index (χ1n) is 6.22. The molecule has 8 heteroatoms. The second kappa shape index (κ2) is 6.69. The number of pyridine rings is 1. The maximum absolute atomic E-state index is 12.1. The lowest BCUT2D eigenvalue weighted by molar-refractivity contribution is 0.102. The number of nitrogens with one attached hydrogen (secondary N) is 1. The molecule has 0 aliphatic rings. The van der Waals surface area contributed by atoms with E-state index < -0.39 is 5.91 Å². The predicted octanol–water partition coefficient (Wildman–Crippen LogP) is 2.61. The third-order valence-corrected chi connectivity index (χ3v) is 3.13. The molecule has 1 N–H and O–H groups in total. The van der Waals surface area contributed by atoms with Crippen LogP contribution in [0.1, 0.15) is 23.7 Å². The van der Waals surface area contributed by atoms with Crippen molar-refractivity contribution in [3.63, 3.8) is 0 Å². The smallest absolute Gasteiger partial charge is 0.259 e. The molecule has 6 nitrogen and oxygen atoms in total. The summed E-state index contributed by atoms with van der Waals surface area (Å²) in [6.45, 7) is 2.54. The molecular formula is C13H12Cl2N4O2. The summed E-state index contributed by atoms with van der Waals surface area (Å²) in [4.78, 5) is 23.7. The van der Waals surface area contributed by atoms with Gasteiger partial charge in [-0.05, 0) is 18.6 Å². The second-order valence-corrected chi connectivity index (χ2v) is 5.02. The van der Waals surface area contributed by atoms with E-state index in [9.17, 15) is 9.59 Å². The van der Waals surface area contributed by atoms with Gasteiger partial charge >= 0.3 is 0 Å². The predicted molar refractivity (Wildman–Crippen MR) is 81.0 cm³/mol. The van der Waals surface area contributed by atoms with Crippen LogP contribution in [0.5, 0.6) is 0 Å². The molecule has 0 atom stereocenters. The van der Waals surface area contributed by atoms with Crippen LogP contribution in [0, 0.1) is 0 Å². The van der Waals surface area contributed by atoms with Gasteiger partial charge in [-0.15, -0.1) is 10.2 Å². The molecule has 0 aliphatic carbocycles. The van der Waals surface area contributed by atoms with Gasteiger partial charge in [-0.25, -0.2) is 0 Å². The van der Waals surface area contributed by atoms with Crippen LogP contribution >= 0.6 is 23.2 Å². The number of carbonyl (C=O) groups is 1. The summed E-state index contributed by atoms with van der Waals surface area (Å²) in [5.74, 6) is -0.474. The van der Waals surface area contributed by atoms with Crippen molar-refractivity contribution in [2.75, 3.05) is 5.32 Å². The van der Waals surface area contributed by atoms with Crippen molar-refractivity contribution >= 4 is 34.8 Å². The Bertz CT molecular complexity index is 730. The third-order valence-electron chi connectivity index (χ3n) is 2.67. The Morgan fingerprint density at radius 1 is 1.33 bits per heavy atom. The van der Waals surface area contributed by atoms with Crippen molar-refractivity contribution in [2.45, 2.75) is 19.9 Å². The lowest BCUT2D eigenvalue weighted by Gasteiger charge is -2.09. The second-order valence-electron chi connectivity index (χ2n) is 4.28. The first kappa shape index (κ1) is 15.5. The van der Waals surface area contributed by atoms with Crippen LogP contribution in [-0.2, 0) is 6.54 Å². The molecule has 0 unspecified atom stereocenters. The number of amides is 1. The fourth-order valence-corrected chi connectivity index (χ4v) is 2.06. The topological polar surface area (TPSA) is 76.9 Å². The maximum atomic E-state index is 12.1. The molecule has 0 fully saturated rings. The highest BCUT2D eigenvalue weighted by atomic mass is 35.5. The summed E-state index contributed by atoms with van der Waals surface area (Å²) in [6, 6.07) is 4.25. The minimum atomic E-state index is -0.474. The van der Waals surface area contributed by atoms with E-state index in [1.807, 2.05) is 6.92 Å². The van der Waals surface area contributed by atoms with Crippen LogP contribution in [-0.4, -0.2) is 20.7 Å². The number of carbonyl (C=O) groups excluding carboxylic acids is 1. The van der Waals surface area contributed by atoms with E-state index in [1.54, 1.807) is 6.20 Å². The fourth-order valence-electron chi connectivity index (χ4n) is 1.73. The van der Waals surface area contributed by atoms with Crippen LogP contribution in [0.25, 0.3) is 0 Å². The Balaban J connectivity index is 2.25. The lowest BCUT2D eigenvalue weighted by atomic mass is 10.3. The molecule has 0 bridgehead atoms. The number of rotatable bonds is 4. The molecular weight excluding hydrogens is 315 g/mol. The standard InChI is InChI=1S/C13H12Cl2N4O2/c1-2-5-19-7-8(3-4-11(19)20)16-13(21)9-6-10(14)17-18-12(9)15/h3-4,6-7H,2,5H2,1H3,(H,16,21). The quantitative estimate of drug-likeness (QED) is 0.936. The van der Waals surface area contributed by atoms with E-state index >= 15 is 0 Å². The van der Waals surface area contributed by atoms with Gasteiger partial charge in [-0.1, -0.05) is 30.1 Å². The highest BCUT2D eigenvalue weighted by Crippen LogP contribution is 2.17. The Hall–Kier alpha value is -1.92. The molecule has 0 aliphatic heterocycles. The summed E-state index contributed by atoms with van der Waals surface area (Å²) in [5.41, 5.74) is 0.475. The first-order valence-corrected chi connectivity index (χ1v) is 6.97. The Labute approximate surface area is 130 Å². The monoisotopic (exact) mass is 326 g/mol. The molecule has 2 heterocycles. The summed E-state index contributed by atoms with van der Waals surface area (Å²) in [6.07, 6.45) is 2.39. The van der Waals surface area contributed by atoms with Gasteiger partial charge in [0.25, 0.3) is 11.5 Å². The van der Waals surface area contributed by atoms with E-state index in [0.29, 0.717) is 12.2 Å². The van der Waals surface area contributed by atoms with E-state index in [1.165, 1.54) is 22.8 Å². The van der Waals surface area contributed by atoms with Crippen molar-refractivity contribution in [1.82, 2.24) is 14.8 Å². The summed E-state index contributed by atoms with van der Waals surface area (Å²) in [7, 11) is 0. The number of halogens is 2. The van der Waals surface area contributed by atoms with E-state index in [4.69, 9.17) is 23.2 Å². The summed E-state index contributed by atoms with van der Waals surface area (Å²) in [5, 5.41) is 9.78. The maximum Gasteiger partial charge on any atom is 0.259 e. The first-order chi connectivity index (χ1) is 10.0. The van der Waals surface area contributed by atoms with Gasteiger partial charge in [0, 0.05) is 18.8 Å². The third kappa shape index (κ3) is 3.80. The van der Waals surface area contributed by atoms with Crippen molar-refractivity contribution in [3.05, 3.63) is 50.6 Å². The minimum absolute atomic E-state index is 0.0428. The number of anilines is 1. The number of nitrogens with zero attached hydrogens (tertiary/aromatic N) is 3. The number of aryl methyl sites for hydroxylation is 1. The number of aromatic nitrogens is 3. The van der Waals surface area contributed by atoms with Gasteiger partial charge < -0.3 is 9.88 Å². The highest BCUT2D eigenvalue weighted by molar-refractivity contribution is 6.34. The van der Waals surface area contributed by atoms with Crippen molar-refractivity contribution in [2.24, 2.45) is 0 Å².